The first-order valence-corrected chi connectivity index (χ1v) is 7.10. The summed E-state index contributed by atoms with van der Waals surface area (Å²) < 4.78 is 0. The van der Waals surface area contributed by atoms with Crippen molar-refractivity contribution in [3.8, 4) is 0 Å². The molecule has 0 saturated heterocycles. The molecule has 1 aliphatic rings. The molecule has 0 aliphatic heterocycles. The number of likely N-dealkylation sites (N-methyl/N-ethyl adjacent to an activating group) is 2. The Bertz CT molecular complexity index is 198. The van der Waals surface area contributed by atoms with Crippen LogP contribution in [0.2, 0.25) is 0 Å². The van der Waals surface area contributed by atoms with Gasteiger partial charge in [-0.05, 0) is 54.0 Å². The van der Waals surface area contributed by atoms with Gasteiger partial charge in [-0.1, -0.05) is 19.3 Å². The Morgan fingerprint density at radius 2 is 1.59 bits per heavy atom. The normalized spacial score (nSPS) is 20.1. The van der Waals surface area contributed by atoms with E-state index in [0.29, 0.717) is 5.54 Å². The lowest BCUT2D eigenvalue weighted by atomic mass is 9.79. The van der Waals surface area contributed by atoms with Gasteiger partial charge in [-0.2, -0.15) is 0 Å². The van der Waals surface area contributed by atoms with E-state index in [1.807, 2.05) is 0 Å². The first-order chi connectivity index (χ1) is 8.08. The summed E-state index contributed by atoms with van der Waals surface area (Å²) >= 11 is 0. The number of hydrogen-bond donors (Lipinski definition) is 1. The summed E-state index contributed by atoms with van der Waals surface area (Å²) in [6.45, 7) is 3.55. The first kappa shape index (κ1) is 14.9. The average Bonchev–Trinajstić information content (AvgIpc) is 2.35. The van der Waals surface area contributed by atoms with Crippen molar-refractivity contribution >= 4 is 0 Å². The highest BCUT2D eigenvalue weighted by Gasteiger charge is 2.29. The molecule has 0 aromatic rings. The first-order valence-electron chi connectivity index (χ1n) is 7.10. The van der Waals surface area contributed by atoms with E-state index < -0.39 is 0 Å². The molecule has 0 aromatic carbocycles. The summed E-state index contributed by atoms with van der Waals surface area (Å²) in [4.78, 5) is 4.72. The quantitative estimate of drug-likeness (QED) is 0.733. The predicted molar refractivity (Wildman–Crippen MR) is 75.5 cm³/mol. The van der Waals surface area contributed by atoms with Gasteiger partial charge in [0.25, 0.3) is 0 Å². The van der Waals surface area contributed by atoms with Crippen LogP contribution < -0.4 is 5.32 Å². The molecule has 3 nitrogen and oxygen atoms in total. The van der Waals surface area contributed by atoms with Crippen molar-refractivity contribution in [1.29, 1.82) is 0 Å². The molecule has 1 fully saturated rings. The third-order valence-electron chi connectivity index (χ3n) is 4.24. The van der Waals surface area contributed by atoms with Crippen molar-refractivity contribution in [2.24, 2.45) is 0 Å². The summed E-state index contributed by atoms with van der Waals surface area (Å²) in [6, 6.07) is 0. The monoisotopic (exact) mass is 241 g/mol. The summed E-state index contributed by atoms with van der Waals surface area (Å²) in [5.41, 5.74) is 0.435. The lowest BCUT2D eigenvalue weighted by molar-refractivity contribution is 0.190. The van der Waals surface area contributed by atoms with E-state index in [4.69, 9.17) is 0 Å². The zero-order valence-electron chi connectivity index (χ0n) is 12.3. The Kier molecular flexibility index (Phi) is 6.45. The second-order valence-corrected chi connectivity index (χ2v) is 5.95. The number of nitrogens with one attached hydrogen (secondary N) is 1. The molecule has 0 spiro atoms. The minimum atomic E-state index is 0.435. The van der Waals surface area contributed by atoms with Crippen LogP contribution in [-0.4, -0.2) is 63.2 Å². The van der Waals surface area contributed by atoms with Gasteiger partial charge in [0.05, 0.1) is 0 Å². The highest BCUT2D eigenvalue weighted by atomic mass is 15.1. The minimum Gasteiger partial charge on any atom is -0.314 e. The molecule has 0 unspecified atom stereocenters. The molecule has 1 saturated carbocycles. The summed E-state index contributed by atoms with van der Waals surface area (Å²) in [7, 11) is 8.68. The van der Waals surface area contributed by atoms with E-state index in [-0.39, 0.29) is 0 Å². The Labute approximate surface area is 108 Å². The lowest BCUT2D eigenvalue weighted by Crippen LogP contribution is -2.47. The van der Waals surface area contributed by atoms with Crippen molar-refractivity contribution in [3.05, 3.63) is 0 Å². The van der Waals surface area contributed by atoms with Crippen LogP contribution in [0.1, 0.15) is 38.5 Å². The highest BCUT2D eigenvalue weighted by molar-refractivity contribution is 4.90. The molecule has 0 amide bonds. The molecule has 1 N–H and O–H groups in total. The van der Waals surface area contributed by atoms with Crippen molar-refractivity contribution in [1.82, 2.24) is 15.1 Å². The molecule has 0 heterocycles. The highest BCUT2D eigenvalue weighted by Crippen LogP contribution is 2.30. The maximum atomic E-state index is 3.60. The maximum Gasteiger partial charge on any atom is 0.0190 e. The molecule has 102 valence electrons. The maximum absolute atomic E-state index is 3.60. The Hall–Kier alpha value is -0.120. The van der Waals surface area contributed by atoms with Crippen molar-refractivity contribution in [2.75, 3.05) is 47.8 Å². The van der Waals surface area contributed by atoms with Gasteiger partial charge in [0.15, 0.2) is 0 Å². The van der Waals surface area contributed by atoms with E-state index >= 15 is 0 Å². The fourth-order valence-corrected chi connectivity index (χ4v) is 2.74. The molecule has 0 radical (unpaired) electrons. The van der Waals surface area contributed by atoms with Crippen LogP contribution >= 0.6 is 0 Å². The fraction of sp³-hybridized carbons (Fsp3) is 1.00. The van der Waals surface area contributed by atoms with Crippen LogP contribution in [0.15, 0.2) is 0 Å². The molecule has 1 rings (SSSR count). The van der Waals surface area contributed by atoms with Crippen LogP contribution in [0.4, 0.5) is 0 Å². The molecular formula is C14H31N3. The Morgan fingerprint density at radius 3 is 2.12 bits per heavy atom. The smallest absolute Gasteiger partial charge is 0.0190 e. The Morgan fingerprint density at radius 1 is 0.941 bits per heavy atom. The molecule has 0 aromatic heterocycles. The lowest BCUT2D eigenvalue weighted by Gasteiger charge is -2.38. The van der Waals surface area contributed by atoms with Crippen LogP contribution in [0, 0.1) is 0 Å². The van der Waals surface area contributed by atoms with E-state index in [0.717, 1.165) is 6.54 Å². The Balaban J connectivity index is 2.26. The summed E-state index contributed by atoms with van der Waals surface area (Å²) in [5, 5.41) is 3.60. The third kappa shape index (κ3) is 5.36. The molecule has 1 aliphatic carbocycles. The van der Waals surface area contributed by atoms with Crippen molar-refractivity contribution in [2.45, 2.75) is 44.1 Å². The molecule has 17 heavy (non-hydrogen) atoms. The van der Waals surface area contributed by atoms with Crippen LogP contribution in [0.3, 0.4) is 0 Å². The number of nitrogens with zero attached hydrogens (tertiary/aromatic N) is 2. The van der Waals surface area contributed by atoms with Gasteiger partial charge < -0.3 is 15.1 Å². The number of hydrogen-bond acceptors (Lipinski definition) is 3. The predicted octanol–water partition coefficient (Wildman–Crippen LogP) is 1.79. The van der Waals surface area contributed by atoms with Gasteiger partial charge in [0.2, 0.25) is 0 Å². The van der Waals surface area contributed by atoms with Gasteiger partial charge in [-0.15, -0.1) is 0 Å². The van der Waals surface area contributed by atoms with Gasteiger partial charge in [-0.3, -0.25) is 0 Å². The second kappa shape index (κ2) is 7.34. The zero-order valence-corrected chi connectivity index (χ0v) is 12.3. The van der Waals surface area contributed by atoms with E-state index in [1.165, 1.54) is 51.6 Å². The van der Waals surface area contributed by atoms with Gasteiger partial charge in [-0.25, -0.2) is 0 Å². The zero-order chi connectivity index (χ0) is 12.7. The van der Waals surface area contributed by atoms with Crippen LogP contribution in [0.25, 0.3) is 0 Å². The molecule has 0 atom stereocenters. The van der Waals surface area contributed by atoms with Gasteiger partial charge in [0, 0.05) is 18.6 Å². The van der Waals surface area contributed by atoms with E-state index in [1.54, 1.807) is 0 Å². The fourth-order valence-electron chi connectivity index (χ4n) is 2.74. The third-order valence-corrected chi connectivity index (χ3v) is 4.24. The number of rotatable bonds is 7. The van der Waals surface area contributed by atoms with Crippen LogP contribution in [0.5, 0.6) is 0 Å². The molecule has 3 heteroatoms. The second-order valence-electron chi connectivity index (χ2n) is 5.95. The van der Waals surface area contributed by atoms with Crippen LogP contribution in [-0.2, 0) is 0 Å². The molecular weight excluding hydrogens is 210 g/mol. The van der Waals surface area contributed by atoms with Gasteiger partial charge in [0.1, 0.15) is 0 Å². The largest absolute Gasteiger partial charge is 0.314 e. The summed E-state index contributed by atoms with van der Waals surface area (Å²) in [5.74, 6) is 0. The van der Waals surface area contributed by atoms with Gasteiger partial charge >= 0.3 is 0 Å². The minimum absolute atomic E-state index is 0.435. The summed E-state index contributed by atoms with van der Waals surface area (Å²) in [6.07, 6.45) is 8.27. The standard InChI is InChI=1S/C14H31N3/c1-15-14(8-6-5-7-9-14)10-11-17(4)13-12-16(2)3/h15H,5-13H2,1-4H3. The van der Waals surface area contributed by atoms with Crippen molar-refractivity contribution in [3.63, 3.8) is 0 Å². The molecule has 0 bridgehead atoms. The van der Waals surface area contributed by atoms with E-state index in [9.17, 15) is 0 Å². The SMILES string of the molecule is CNC1(CCN(C)CCN(C)C)CCCCC1. The van der Waals surface area contributed by atoms with E-state index in [2.05, 4.69) is 43.3 Å². The van der Waals surface area contributed by atoms with Crippen molar-refractivity contribution < 1.29 is 0 Å². The average molecular weight is 241 g/mol. The topological polar surface area (TPSA) is 18.5 Å².